The Bertz CT molecular complexity index is 2690. The number of fused-ring (bicyclic) bond motifs is 11. The predicted molar refractivity (Wildman–Crippen MR) is 202 cm³/mol. The Morgan fingerprint density at radius 2 is 1.00 bits per heavy atom. The molecule has 1 aliphatic carbocycles. The summed E-state index contributed by atoms with van der Waals surface area (Å²) in [7, 11) is 0. The third kappa shape index (κ3) is 3.67. The van der Waals surface area contributed by atoms with Crippen molar-refractivity contribution in [2.75, 3.05) is 4.90 Å². The molecule has 46 heavy (non-hydrogen) atoms. The van der Waals surface area contributed by atoms with Crippen molar-refractivity contribution in [3.63, 3.8) is 0 Å². The van der Waals surface area contributed by atoms with Crippen LogP contribution in [-0.4, -0.2) is 0 Å². The highest BCUT2D eigenvalue weighted by Gasteiger charge is 2.36. The van der Waals surface area contributed by atoms with E-state index in [0.29, 0.717) is 0 Å². The van der Waals surface area contributed by atoms with Crippen LogP contribution in [-0.2, 0) is 5.41 Å². The zero-order valence-electron chi connectivity index (χ0n) is 25.5. The highest BCUT2D eigenvalue weighted by molar-refractivity contribution is 7.26. The van der Waals surface area contributed by atoms with Gasteiger partial charge in [-0.25, -0.2) is 0 Å². The molecule has 0 amide bonds. The summed E-state index contributed by atoms with van der Waals surface area (Å²) in [4.78, 5) is 2.46. The average molecular weight is 624 g/mol. The Balaban J connectivity index is 1.24. The van der Waals surface area contributed by atoms with E-state index in [9.17, 15) is 0 Å². The van der Waals surface area contributed by atoms with Crippen LogP contribution in [0, 0.1) is 0 Å². The molecule has 9 aromatic rings. The topological polar surface area (TPSA) is 3.24 Å². The first kappa shape index (κ1) is 26.3. The van der Waals surface area contributed by atoms with Crippen molar-refractivity contribution in [2.24, 2.45) is 0 Å². The molecule has 0 unspecified atom stereocenters. The summed E-state index contributed by atoms with van der Waals surface area (Å²) in [5.41, 5.74) is 9.02. The number of benzene rings is 7. The number of hydrogen-bond donors (Lipinski definition) is 0. The molecule has 2 aromatic heterocycles. The summed E-state index contributed by atoms with van der Waals surface area (Å²) >= 11 is 3.74. The van der Waals surface area contributed by atoms with Crippen LogP contribution in [0.15, 0.2) is 140 Å². The third-order valence-electron chi connectivity index (χ3n) is 10.0. The Morgan fingerprint density at radius 1 is 0.435 bits per heavy atom. The van der Waals surface area contributed by atoms with E-state index < -0.39 is 0 Å². The van der Waals surface area contributed by atoms with Gasteiger partial charge in [-0.1, -0.05) is 98.8 Å². The van der Waals surface area contributed by atoms with E-state index in [0.717, 1.165) is 0 Å². The standard InChI is InChI=1S/C43H29NS2/c1-43(2)36-12-6-3-11-33(36)42-34-23-27(17-15-26(34)16-21-37(42)43)44(28-19-22-40-35(24-28)31-10-5-8-14-39(31)45-40)29-18-20-32-30-9-4-7-13-38(30)46-41(32)25-29/h3-25H,1-2H3. The molecule has 0 saturated heterocycles. The molecule has 7 aromatic carbocycles. The maximum atomic E-state index is 2.46. The molecule has 3 heteroatoms. The van der Waals surface area contributed by atoms with Gasteiger partial charge in [-0.05, 0) is 87.6 Å². The van der Waals surface area contributed by atoms with Gasteiger partial charge in [0.1, 0.15) is 0 Å². The van der Waals surface area contributed by atoms with Crippen LogP contribution in [0.3, 0.4) is 0 Å². The first-order valence-electron chi connectivity index (χ1n) is 15.8. The minimum absolute atomic E-state index is 0.0347. The first-order chi connectivity index (χ1) is 22.5. The van der Waals surface area contributed by atoms with Gasteiger partial charge in [-0.15, -0.1) is 22.7 Å². The SMILES string of the molecule is CC1(C)c2ccccc2-c2c1ccc1ccc(N(c3ccc4c(c3)sc3ccccc34)c3ccc4sc5ccccc5c4c3)cc21. The third-order valence-corrected chi connectivity index (χ3v) is 12.3. The Hall–Kier alpha value is -4.96. The van der Waals surface area contributed by atoms with Crippen molar-refractivity contribution in [2.45, 2.75) is 19.3 Å². The van der Waals surface area contributed by atoms with Gasteiger partial charge in [-0.2, -0.15) is 0 Å². The minimum Gasteiger partial charge on any atom is -0.310 e. The zero-order chi connectivity index (χ0) is 30.6. The summed E-state index contributed by atoms with van der Waals surface area (Å²) in [6.45, 7) is 4.72. The molecule has 0 saturated carbocycles. The second-order valence-electron chi connectivity index (χ2n) is 13.0. The lowest BCUT2D eigenvalue weighted by molar-refractivity contribution is 0.661. The van der Waals surface area contributed by atoms with Crippen LogP contribution in [0.25, 0.3) is 62.2 Å². The molecule has 0 aliphatic heterocycles. The molecule has 2 heterocycles. The second kappa shape index (κ2) is 9.53. The highest BCUT2D eigenvalue weighted by atomic mass is 32.1. The Kier molecular flexibility index (Phi) is 5.44. The van der Waals surface area contributed by atoms with Crippen molar-refractivity contribution in [3.8, 4) is 11.1 Å². The Labute approximate surface area is 275 Å². The van der Waals surface area contributed by atoms with E-state index in [1.165, 1.54) is 90.4 Å². The number of rotatable bonds is 3. The van der Waals surface area contributed by atoms with Gasteiger partial charge in [0.15, 0.2) is 0 Å². The fourth-order valence-corrected chi connectivity index (χ4v) is 10.0. The zero-order valence-corrected chi connectivity index (χ0v) is 27.2. The van der Waals surface area contributed by atoms with Crippen molar-refractivity contribution < 1.29 is 0 Å². The second-order valence-corrected chi connectivity index (χ2v) is 15.1. The maximum absolute atomic E-state index is 2.46. The average Bonchev–Trinajstić information content (AvgIpc) is 3.72. The quantitative estimate of drug-likeness (QED) is 0.189. The first-order valence-corrected chi connectivity index (χ1v) is 17.5. The van der Waals surface area contributed by atoms with E-state index in [1.54, 1.807) is 0 Å². The summed E-state index contributed by atoms with van der Waals surface area (Å²) < 4.78 is 5.29. The number of anilines is 3. The van der Waals surface area contributed by atoms with Crippen LogP contribution in [0.4, 0.5) is 17.1 Å². The van der Waals surface area contributed by atoms with E-state index in [-0.39, 0.29) is 5.41 Å². The smallest absolute Gasteiger partial charge is 0.0476 e. The molecule has 0 fully saturated rings. The summed E-state index contributed by atoms with van der Waals surface area (Å²) in [5, 5.41) is 7.85. The van der Waals surface area contributed by atoms with Crippen molar-refractivity contribution in [3.05, 3.63) is 151 Å². The predicted octanol–water partition coefficient (Wildman–Crippen LogP) is 13.4. The van der Waals surface area contributed by atoms with Crippen molar-refractivity contribution in [1.82, 2.24) is 0 Å². The fraction of sp³-hybridized carbons (Fsp3) is 0.0698. The van der Waals surface area contributed by atoms with Crippen LogP contribution in [0.1, 0.15) is 25.0 Å². The van der Waals surface area contributed by atoms with Crippen LogP contribution in [0.2, 0.25) is 0 Å². The molecule has 218 valence electrons. The van der Waals surface area contributed by atoms with Gasteiger partial charge in [0.2, 0.25) is 0 Å². The molecule has 1 aliphatic rings. The number of hydrogen-bond acceptors (Lipinski definition) is 3. The highest BCUT2D eigenvalue weighted by Crippen LogP contribution is 2.52. The molecule has 0 spiro atoms. The van der Waals surface area contributed by atoms with Gasteiger partial charge in [0, 0.05) is 62.8 Å². The Morgan fingerprint density at radius 3 is 1.83 bits per heavy atom. The monoisotopic (exact) mass is 623 g/mol. The lowest BCUT2D eigenvalue weighted by Crippen LogP contribution is -2.14. The van der Waals surface area contributed by atoms with Gasteiger partial charge in [-0.3, -0.25) is 0 Å². The fourth-order valence-electron chi connectivity index (χ4n) is 7.80. The lowest BCUT2D eigenvalue weighted by Gasteiger charge is -2.26. The normalized spacial score (nSPS) is 13.6. The molecule has 0 bridgehead atoms. The molecule has 0 radical (unpaired) electrons. The van der Waals surface area contributed by atoms with Crippen LogP contribution < -0.4 is 4.90 Å². The summed E-state index contributed by atoms with van der Waals surface area (Å²) in [6.07, 6.45) is 0. The van der Waals surface area contributed by atoms with Gasteiger partial charge >= 0.3 is 0 Å². The van der Waals surface area contributed by atoms with E-state index in [2.05, 4.69) is 158 Å². The van der Waals surface area contributed by atoms with Gasteiger partial charge in [0.05, 0.1) is 0 Å². The summed E-state index contributed by atoms with van der Waals surface area (Å²) in [5.74, 6) is 0. The number of nitrogens with zero attached hydrogens (tertiary/aromatic N) is 1. The lowest BCUT2D eigenvalue weighted by atomic mass is 9.82. The van der Waals surface area contributed by atoms with Crippen LogP contribution >= 0.6 is 22.7 Å². The van der Waals surface area contributed by atoms with Crippen molar-refractivity contribution in [1.29, 1.82) is 0 Å². The van der Waals surface area contributed by atoms with E-state index in [4.69, 9.17) is 0 Å². The molecule has 1 nitrogen and oxygen atoms in total. The molecule has 0 atom stereocenters. The molecular weight excluding hydrogens is 595 g/mol. The summed E-state index contributed by atoms with van der Waals surface area (Å²) in [6, 6.07) is 52.2. The molecule has 0 N–H and O–H groups in total. The largest absolute Gasteiger partial charge is 0.310 e. The molecular formula is C43H29NS2. The van der Waals surface area contributed by atoms with E-state index >= 15 is 0 Å². The van der Waals surface area contributed by atoms with Crippen molar-refractivity contribution >= 4 is 90.9 Å². The number of thiophene rings is 2. The van der Waals surface area contributed by atoms with Gasteiger partial charge < -0.3 is 4.90 Å². The van der Waals surface area contributed by atoms with Crippen LogP contribution in [0.5, 0.6) is 0 Å². The van der Waals surface area contributed by atoms with Gasteiger partial charge in [0.25, 0.3) is 0 Å². The van der Waals surface area contributed by atoms with E-state index in [1.807, 2.05) is 22.7 Å². The maximum Gasteiger partial charge on any atom is 0.0476 e. The minimum atomic E-state index is -0.0347. The molecule has 10 rings (SSSR count).